The third-order valence-corrected chi connectivity index (χ3v) is 33.7. The highest BCUT2D eigenvalue weighted by Crippen LogP contribution is 2.77. The van der Waals surface area contributed by atoms with Gasteiger partial charge in [0.1, 0.15) is 0 Å². The van der Waals surface area contributed by atoms with Crippen molar-refractivity contribution in [1.82, 2.24) is 0 Å². The van der Waals surface area contributed by atoms with Crippen LogP contribution >= 0.6 is 0 Å². The molecule has 0 aromatic heterocycles. The van der Waals surface area contributed by atoms with E-state index in [9.17, 15) is 156 Å². The fraction of sp³-hybridized carbons (Fsp3) is 1.00. The van der Waals surface area contributed by atoms with E-state index in [2.05, 4.69) is 0 Å². The fourth-order valence-electron chi connectivity index (χ4n) is 6.17. The summed E-state index contributed by atoms with van der Waals surface area (Å²) in [5, 5.41) is 0. The smallest absolute Gasteiger partial charge is 0.284 e. The zero-order valence-corrected chi connectivity index (χ0v) is 32.9. The minimum absolute atomic E-state index is 9.50. The first-order valence-electron chi connectivity index (χ1n) is 10.1. The minimum Gasteiger partial charge on any atom is -0.284 e. The maximum atomic E-state index is 13.2. The van der Waals surface area contributed by atoms with Gasteiger partial charge in [0, 0.05) is 0 Å². The largest absolute Gasteiger partial charge is 0.304 e. The summed E-state index contributed by atoms with van der Waals surface area (Å²) in [5.74, 6) is 0. The summed E-state index contributed by atoms with van der Waals surface area (Å²) in [7, 11) is -121. The summed E-state index contributed by atoms with van der Waals surface area (Å²) in [6.45, 7) is 0. The Balaban J connectivity index is 7.43. The lowest BCUT2D eigenvalue weighted by atomic mass is 9.92. The Morgan fingerprint density at radius 3 is 0.204 bits per heavy atom. The third kappa shape index (κ3) is 4.90. The zero-order valence-electron chi connectivity index (χ0n) is 23.1. The molecule has 12 N–H and O–H groups in total. The van der Waals surface area contributed by atoms with Crippen molar-refractivity contribution in [3.63, 3.8) is 0 Å². The molecule has 1 aliphatic rings. The van der Waals surface area contributed by atoms with Crippen molar-refractivity contribution in [2.24, 2.45) is 0 Å². The van der Waals surface area contributed by atoms with Gasteiger partial charge in [-0.3, -0.25) is 54.6 Å². The van der Waals surface area contributed by atoms with E-state index in [0.29, 0.717) is 0 Å². The van der Waals surface area contributed by atoms with E-state index in [1.165, 1.54) is 0 Å². The Kier molecular flexibility index (Phi) is 11.1. The summed E-state index contributed by atoms with van der Waals surface area (Å²) >= 11 is 0. The normalized spacial score (nSPS) is 22.9. The molecule has 0 aromatic rings. The molecule has 1 fully saturated rings. The summed E-state index contributed by atoms with van der Waals surface area (Å²) in [6.07, 6.45) is 0. The molecule has 0 heterocycles. The van der Waals surface area contributed by atoms with Crippen molar-refractivity contribution in [3.8, 4) is 0 Å². The molecular weight excluding hydrogens is 1030 g/mol. The van der Waals surface area contributed by atoms with E-state index in [4.69, 9.17) is 0 Å². The van der Waals surface area contributed by atoms with Gasteiger partial charge in [0.25, 0.3) is 121 Å². The predicted octanol–water partition coefficient (Wildman–Crippen LogP) is -9.17. The lowest BCUT2D eigenvalue weighted by Gasteiger charge is -2.64. The van der Waals surface area contributed by atoms with Crippen molar-refractivity contribution in [2.75, 3.05) is 0 Å². The second kappa shape index (κ2) is 11.8. The van der Waals surface area contributed by atoms with Crippen molar-refractivity contribution in [2.45, 2.75) is 24.5 Å². The first-order valence-corrected chi connectivity index (χ1v) is 27.4. The van der Waals surface area contributed by atoms with Gasteiger partial charge in [-0.15, -0.1) is 0 Å². The van der Waals surface area contributed by atoms with Crippen LogP contribution in [0.3, 0.4) is 0 Å². The maximum Gasteiger partial charge on any atom is 0.304 e. The monoisotopic (exact) mass is 1040 g/mol. The lowest BCUT2D eigenvalue weighted by molar-refractivity contribution is 0.206. The van der Waals surface area contributed by atoms with Crippen LogP contribution in [0.5, 0.6) is 0 Å². The molecule has 48 heteroatoms. The second-order valence-corrected chi connectivity index (χ2v) is 29.7. The molecule has 0 radical (unpaired) electrons. The van der Waals surface area contributed by atoms with Gasteiger partial charge in [-0.25, -0.2) is 0 Å². The molecule has 0 bridgehead atoms. The average Bonchev–Trinajstić information content (AvgIpc) is 2.71. The molecule has 1 aliphatic carbocycles. The predicted molar refractivity (Wildman–Crippen MR) is 155 cm³/mol. The highest BCUT2D eigenvalue weighted by molar-refractivity contribution is 8.23. The van der Waals surface area contributed by atoms with Gasteiger partial charge >= 0.3 is 24.5 Å². The summed E-state index contributed by atoms with van der Waals surface area (Å²) < 4.78 is 379. The summed E-state index contributed by atoms with van der Waals surface area (Å²) in [5.41, 5.74) is 0. The number of rotatable bonds is 12. The molecule has 0 saturated heterocycles. The van der Waals surface area contributed by atoms with Crippen molar-refractivity contribution in [3.05, 3.63) is 0 Å². The second-order valence-electron chi connectivity index (χ2n) is 9.40. The molecule has 324 valence electrons. The molecule has 0 unspecified atom stereocenters. The SMILES string of the molecule is O=S(=O)(O)C1(S(=O)(=O)O)C(S(=O)(=O)O)(S(=O)(=O)O)C(S(=O)(=O)O)(S(=O)(=O)O)C(S(=O)(=O)O)(S(=O)(=O)O)C(S(=O)(=O)O)(S(=O)(=O)O)C1(S(=O)(=O)O)S(=O)(=O)O. The summed E-state index contributed by atoms with van der Waals surface area (Å²) in [4.78, 5) is 0. The molecule has 1 rings (SSSR count). The van der Waals surface area contributed by atoms with Crippen LogP contribution in [0.15, 0.2) is 0 Å². The molecule has 0 aromatic carbocycles. The van der Waals surface area contributed by atoms with Gasteiger partial charge in [-0.2, -0.15) is 101 Å². The van der Waals surface area contributed by atoms with Gasteiger partial charge in [-0.05, 0) is 0 Å². The molecule has 54 heavy (non-hydrogen) atoms. The van der Waals surface area contributed by atoms with E-state index in [0.717, 1.165) is 0 Å². The van der Waals surface area contributed by atoms with Crippen LogP contribution in [0.4, 0.5) is 0 Å². The maximum absolute atomic E-state index is 13.2. The Hall–Kier alpha value is -1.08. The first kappa shape index (κ1) is 50.9. The van der Waals surface area contributed by atoms with Crippen LogP contribution in [0, 0.1) is 0 Å². The van der Waals surface area contributed by atoms with Crippen LogP contribution in [-0.2, 0) is 121 Å². The summed E-state index contributed by atoms with van der Waals surface area (Å²) in [6, 6.07) is 0. The quantitative estimate of drug-likeness (QED) is 0.0808. The Morgan fingerprint density at radius 2 is 0.185 bits per heavy atom. The number of hydrogen-bond acceptors (Lipinski definition) is 24. The first-order chi connectivity index (χ1) is 22.5. The molecule has 1 saturated carbocycles. The Labute approximate surface area is 299 Å². The molecular formula is C6H12O36S12. The lowest BCUT2D eigenvalue weighted by Crippen LogP contribution is -3.06. The van der Waals surface area contributed by atoms with Gasteiger partial charge in [0.2, 0.25) is 0 Å². The standard InChI is InChI=1S/C6H12O36S12/c7-43(8,9)1(44(10,11)12)2(45(13,14)15,46(16,17)18)4(49(25,26)27,50(28,29)30)6(53(37,38)39,54(40,41)42)5(51(31,32)33,52(34,35)36)3(1,47(19,20)21)48(22,23)24/h(H,7,8,9)(H,10,11,12)(H,13,14,15)(H,16,17,18)(H,19,20,21)(H,22,23,24)(H,25,26,27)(H,28,29,30)(H,31,32,33)(H,34,35,36)(H,37,38,39)(H,40,41,42). The van der Waals surface area contributed by atoms with E-state index in [1.807, 2.05) is 0 Å². The molecule has 0 spiro atoms. The molecule has 0 aliphatic heterocycles. The average molecular weight is 1040 g/mol. The van der Waals surface area contributed by atoms with E-state index >= 15 is 0 Å². The van der Waals surface area contributed by atoms with Crippen molar-refractivity contribution in [1.29, 1.82) is 0 Å². The molecule has 0 atom stereocenters. The molecule has 0 amide bonds. The minimum atomic E-state index is -10.1. The Bertz CT molecular complexity index is 2320. The van der Waals surface area contributed by atoms with E-state index in [1.54, 1.807) is 0 Å². The van der Waals surface area contributed by atoms with Gasteiger partial charge in [0.15, 0.2) is 0 Å². The highest BCUT2D eigenvalue weighted by atomic mass is 32.3. The van der Waals surface area contributed by atoms with Crippen LogP contribution in [0.2, 0.25) is 0 Å². The van der Waals surface area contributed by atoms with Gasteiger partial charge in [0.05, 0.1) is 0 Å². The van der Waals surface area contributed by atoms with E-state index < -0.39 is 146 Å². The topological polar surface area (TPSA) is 652 Å². The highest BCUT2D eigenvalue weighted by Gasteiger charge is 3.20. The van der Waals surface area contributed by atoms with Crippen molar-refractivity contribution < 1.29 is 156 Å². The van der Waals surface area contributed by atoms with Crippen LogP contribution < -0.4 is 0 Å². The van der Waals surface area contributed by atoms with E-state index in [-0.39, 0.29) is 0 Å². The zero-order chi connectivity index (χ0) is 45.0. The van der Waals surface area contributed by atoms with Crippen LogP contribution in [0.1, 0.15) is 0 Å². The third-order valence-electron chi connectivity index (χ3n) is 6.96. The van der Waals surface area contributed by atoms with Gasteiger partial charge in [-0.1, -0.05) is 0 Å². The number of hydrogen-bond donors (Lipinski definition) is 12. The van der Waals surface area contributed by atoms with Crippen LogP contribution in [-0.4, -0.2) is 180 Å². The molecule has 36 nitrogen and oxygen atoms in total. The fourth-order valence-corrected chi connectivity index (χ4v) is 41.1. The Morgan fingerprint density at radius 1 is 0.148 bits per heavy atom. The van der Waals surface area contributed by atoms with Crippen molar-refractivity contribution >= 4 is 121 Å². The van der Waals surface area contributed by atoms with Gasteiger partial charge < -0.3 is 0 Å². The van der Waals surface area contributed by atoms with Crippen LogP contribution in [0.25, 0.3) is 0 Å².